The minimum atomic E-state index is -0.119. The summed E-state index contributed by atoms with van der Waals surface area (Å²) in [7, 11) is 1.62. The van der Waals surface area contributed by atoms with Gasteiger partial charge in [0.2, 0.25) is 0 Å². The number of benzene rings is 1. The van der Waals surface area contributed by atoms with Crippen molar-refractivity contribution in [2.24, 2.45) is 0 Å². The maximum atomic E-state index is 11.7. The topological polar surface area (TPSA) is 42.0 Å². The lowest BCUT2D eigenvalue weighted by atomic mass is 9.96. The van der Waals surface area contributed by atoms with E-state index in [2.05, 4.69) is 48.4 Å². The summed E-state index contributed by atoms with van der Waals surface area (Å²) in [5.74, 6) is -0.119. The molecule has 1 aromatic carbocycles. The number of aromatic nitrogens is 1. The minimum absolute atomic E-state index is 0.119. The third kappa shape index (κ3) is 3.61. The fraction of sp³-hybridized carbons (Fsp3) is 0.263. The van der Waals surface area contributed by atoms with E-state index in [1.165, 1.54) is 16.7 Å². The summed E-state index contributed by atoms with van der Waals surface area (Å²) < 4.78 is 0. The predicted octanol–water partition coefficient (Wildman–Crippen LogP) is 3.74. The molecule has 0 aliphatic carbocycles. The van der Waals surface area contributed by atoms with Gasteiger partial charge in [-0.2, -0.15) is 0 Å². The van der Waals surface area contributed by atoms with Crippen LogP contribution in [0, 0.1) is 0 Å². The van der Waals surface area contributed by atoms with Crippen LogP contribution >= 0.6 is 0 Å². The molecule has 22 heavy (non-hydrogen) atoms. The molecule has 0 saturated carbocycles. The Labute approximate surface area is 132 Å². The summed E-state index contributed by atoms with van der Waals surface area (Å²) in [5, 5.41) is 2.62. The van der Waals surface area contributed by atoms with E-state index in [9.17, 15) is 4.79 Å². The van der Waals surface area contributed by atoms with Crippen molar-refractivity contribution in [1.82, 2.24) is 10.3 Å². The molecule has 0 spiro atoms. The van der Waals surface area contributed by atoms with Crippen LogP contribution in [0.15, 0.2) is 36.7 Å². The molecule has 1 amide bonds. The number of carbonyl (C=O) groups is 1. The predicted molar refractivity (Wildman–Crippen MR) is 91.8 cm³/mol. The van der Waals surface area contributed by atoms with Crippen molar-refractivity contribution >= 4 is 18.1 Å². The molecule has 0 aliphatic heterocycles. The lowest BCUT2D eigenvalue weighted by Crippen LogP contribution is -2.17. The van der Waals surface area contributed by atoms with E-state index < -0.39 is 0 Å². The van der Waals surface area contributed by atoms with Crippen molar-refractivity contribution in [2.75, 3.05) is 7.05 Å². The van der Waals surface area contributed by atoms with Crippen LogP contribution in [0.3, 0.4) is 0 Å². The van der Waals surface area contributed by atoms with E-state index >= 15 is 0 Å². The summed E-state index contributed by atoms with van der Waals surface area (Å²) in [4.78, 5) is 15.8. The van der Waals surface area contributed by atoms with Gasteiger partial charge in [-0.3, -0.25) is 9.78 Å². The fourth-order valence-electron chi connectivity index (χ4n) is 2.49. The van der Waals surface area contributed by atoms with E-state index in [0.717, 1.165) is 18.4 Å². The normalized spacial score (nSPS) is 10.9. The molecule has 3 heteroatoms. The number of carbonyl (C=O) groups excluding carboxylic acids is 1. The third-order valence-electron chi connectivity index (χ3n) is 3.74. The zero-order valence-corrected chi connectivity index (χ0v) is 13.4. The van der Waals surface area contributed by atoms with Crippen LogP contribution in [-0.2, 0) is 12.8 Å². The molecule has 0 fully saturated rings. The monoisotopic (exact) mass is 294 g/mol. The standard InChI is InChI=1S/C19H22N2O/c1-4-15-7-6-8-16(5-2)18(15)10-9-14-11-17(13-21-12-14)19(22)20-3/h6-13H,4-5H2,1-3H3,(H,20,22)/b10-9+. The Bertz CT molecular complexity index is 667. The first kappa shape index (κ1) is 16.0. The molecular weight excluding hydrogens is 272 g/mol. The van der Waals surface area contributed by atoms with Crippen molar-refractivity contribution < 1.29 is 4.79 Å². The van der Waals surface area contributed by atoms with Crippen LogP contribution in [0.4, 0.5) is 0 Å². The molecule has 2 rings (SSSR count). The Morgan fingerprint density at radius 1 is 1.14 bits per heavy atom. The van der Waals surface area contributed by atoms with E-state index in [4.69, 9.17) is 0 Å². The number of hydrogen-bond donors (Lipinski definition) is 1. The number of pyridine rings is 1. The molecule has 2 aromatic rings. The fourth-order valence-corrected chi connectivity index (χ4v) is 2.49. The molecule has 1 aromatic heterocycles. The largest absolute Gasteiger partial charge is 0.355 e. The second kappa shape index (κ2) is 7.55. The van der Waals surface area contributed by atoms with E-state index in [1.807, 2.05) is 12.1 Å². The van der Waals surface area contributed by atoms with Gasteiger partial charge in [0, 0.05) is 19.4 Å². The van der Waals surface area contributed by atoms with E-state index in [1.54, 1.807) is 19.4 Å². The maximum Gasteiger partial charge on any atom is 0.252 e. The van der Waals surface area contributed by atoms with Gasteiger partial charge >= 0.3 is 0 Å². The Kier molecular flexibility index (Phi) is 5.48. The number of nitrogens with zero attached hydrogens (tertiary/aromatic N) is 1. The van der Waals surface area contributed by atoms with Crippen molar-refractivity contribution in [2.45, 2.75) is 26.7 Å². The Hall–Kier alpha value is -2.42. The van der Waals surface area contributed by atoms with Gasteiger partial charge in [-0.15, -0.1) is 0 Å². The minimum Gasteiger partial charge on any atom is -0.355 e. The Morgan fingerprint density at radius 2 is 1.82 bits per heavy atom. The van der Waals surface area contributed by atoms with E-state index in [0.29, 0.717) is 5.56 Å². The number of nitrogens with one attached hydrogen (secondary N) is 1. The molecule has 0 aliphatic rings. The van der Waals surface area contributed by atoms with Gasteiger partial charge in [0.25, 0.3) is 5.91 Å². The second-order valence-corrected chi connectivity index (χ2v) is 5.12. The van der Waals surface area contributed by atoms with Gasteiger partial charge < -0.3 is 5.32 Å². The van der Waals surface area contributed by atoms with Gasteiger partial charge in [0.05, 0.1) is 5.56 Å². The maximum absolute atomic E-state index is 11.7. The summed E-state index contributed by atoms with van der Waals surface area (Å²) in [6.07, 6.45) is 9.50. The van der Waals surface area contributed by atoms with Gasteiger partial charge in [-0.25, -0.2) is 0 Å². The SMILES string of the molecule is CCc1cccc(CC)c1/C=C/c1cncc(C(=O)NC)c1. The molecule has 0 atom stereocenters. The lowest BCUT2D eigenvalue weighted by molar-refractivity contribution is 0.0962. The zero-order valence-electron chi connectivity index (χ0n) is 13.4. The van der Waals surface area contributed by atoms with Crippen LogP contribution in [0.1, 0.15) is 46.5 Å². The van der Waals surface area contributed by atoms with Crippen LogP contribution in [-0.4, -0.2) is 17.9 Å². The Balaban J connectivity index is 2.35. The first-order chi connectivity index (χ1) is 10.7. The van der Waals surface area contributed by atoms with Crippen LogP contribution in [0.25, 0.3) is 12.2 Å². The quantitative estimate of drug-likeness (QED) is 0.913. The molecule has 1 heterocycles. The zero-order chi connectivity index (χ0) is 15.9. The van der Waals surface area contributed by atoms with Crippen LogP contribution in [0.2, 0.25) is 0 Å². The Morgan fingerprint density at radius 3 is 2.41 bits per heavy atom. The van der Waals surface area contributed by atoms with Crippen LogP contribution < -0.4 is 5.32 Å². The molecule has 0 unspecified atom stereocenters. The van der Waals surface area contributed by atoms with Crippen molar-refractivity contribution in [3.05, 3.63) is 64.5 Å². The molecule has 3 nitrogen and oxygen atoms in total. The number of rotatable bonds is 5. The number of amides is 1. The second-order valence-electron chi connectivity index (χ2n) is 5.12. The highest BCUT2D eigenvalue weighted by molar-refractivity contribution is 5.94. The summed E-state index contributed by atoms with van der Waals surface area (Å²) in [5.41, 5.74) is 5.45. The first-order valence-corrected chi connectivity index (χ1v) is 7.65. The average Bonchev–Trinajstić information content (AvgIpc) is 2.58. The average molecular weight is 294 g/mol. The first-order valence-electron chi connectivity index (χ1n) is 7.65. The highest BCUT2D eigenvalue weighted by atomic mass is 16.1. The summed E-state index contributed by atoms with van der Waals surface area (Å²) >= 11 is 0. The van der Waals surface area contributed by atoms with Crippen LogP contribution in [0.5, 0.6) is 0 Å². The van der Waals surface area contributed by atoms with Gasteiger partial charge in [-0.1, -0.05) is 44.2 Å². The molecular formula is C19H22N2O. The van der Waals surface area contributed by atoms with E-state index in [-0.39, 0.29) is 5.91 Å². The summed E-state index contributed by atoms with van der Waals surface area (Å²) in [6, 6.07) is 8.29. The molecule has 0 bridgehead atoms. The van der Waals surface area contributed by atoms with Crippen molar-refractivity contribution in [1.29, 1.82) is 0 Å². The molecule has 1 N–H and O–H groups in total. The van der Waals surface area contributed by atoms with Crippen molar-refractivity contribution in [3.63, 3.8) is 0 Å². The van der Waals surface area contributed by atoms with Gasteiger partial charge in [-0.05, 0) is 41.2 Å². The highest BCUT2D eigenvalue weighted by Gasteiger charge is 2.05. The summed E-state index contributed by atoms with van der Waals surface area (Å²) in [6.45, 7) is 4.33. The van der Waals surface area contributed by atoms with Gasteiger partial charge in [0.1, 0.15) is 0 Å². The smallest absolute Gasteiger partial charge is 0.252 e. The number of hydrogen-bond acceptors (Lipinski definition) is 2. The van der Waals surface area contributed by atoms with Gasteiger partial charge in [0.15, 0.2) is 0 Å². The molecule has 114 valence electrons. The number of aryl methyl sites for hydroxylation is 2. The third-order valence-corrected chi connectivity index (χ3v) is 3.74. The molecule has 0 radical (unpaired) electrons. The molecule has 0 saturated heterocycles. The lowest BCUT2D eigenvalue weighted by Gasteiger charge is -2.09. The highest BCUT2D eigenvalue weighted by Crippen LogP contribution is 2.19. The van der Waals surface area contributed by atoms with Crippen molar-refractivity contribution in [3.8, 4) is 0 Å².